The highest BCUT2D eigenvalue weighted by atomic mass is 16.6. The standard InChI is InChI=1S/C13H23NO4/c1-7-10(15)9-8-17-13(5,6)14(9)11(16)18-12(2,3)4/h7,9-10,15H,1,8H2,2-6H3/t9-,10?/m1/s1. The molecule has 0 bridgehead atoms. The minimum absolute atomic E-state index is 0.263. The van der Waals surface area contributed by atoms with Crippen LogP contribution in [0.2, 0.25) is 0 Å². The van der Waals surface area contributed by atoms with Crippen molar-refractivity contribution in [2.75, 3.05) is 6.61 Å². The molecule has 1 aliphatic rings. The van der Waals surface area contributed by atoms with Crippen LogP contribution in [0.4, 0.5) is 4.79 Å². The lowest BCUT2D eigenvalue weighted by Gasteiger charge is -2.35. The van der Waals surface area contributed by atoms with Gasteiger partial charge in [-0.25, -0.2) is 4.79 Å². The average Bonchev–Trinajstić information content (AvgIpc) is 2.50. The molecule has 0 saturated carbocycles. The molecule has 18 heavy (non-hydrogen) atoms. The Morgan fingerprint density at radius 2 is 2.17 bits per heavy atom. The van der Waals surface area contributed by atoms with Crippen LogP contribution in [0.5, 0.6) is 0 Å². The van der Waals surface area contributed by atoms with E-state index in [1.807, 2.05) is 0 Å². The largest absolute Gasteiger partial charge is 0.444 e. The summed E-state index contributed by atoms with van der Waals surface area (Å²) >= 11 is 0. The molecule has 2 atom stereocenters. The lowest BCUT2D eigenvalue weighted by atomic mass is 10.1. The Labute approximate surface area is 108 Å². The van der Waals surface area contributed by atoms with Crippen LogP contribution in [-0.4, -0.2) is 46.2 Å². The third-order valence-corrected chi connectivity index (χ3v) is 2.75. The number of nitrogens with zero attached hydrogens (tertiary/aromatic N) is 1. The van der Waals surface area contributed by atoms with Crippen molar-refractivity contribution in [3.8, 4) is 0 Å². The van der Waals surface area contributed by atoms with Crippen molar-refractivity contribution in [3.05, 3.63) is 12.7 Å². The van der Waals surface area contributed by atoms with Crippen molar-refractivity contribution in [3.63, 3.8) is 0 Å². The van der Waals surface area contributed by atoms with Gasteiger partial charge < -0.3 is 14.6 Å². The van der Waals surface area contributed by atoms with Gasteiger partial charge in [0.1, 0.15) is 11.3 Å². The zero-order valence-corrected chi connectivity index (χ0v) is 11.8. The first kappa shape index (κ1) is 15.0. The second-order valence-corrected chi connectivity index (χ2v) is 5.90. The molecule has 1 unspecified atom stereocenters. The number of rotatable bonds is 2. The van der Waals surface area contributed by atoms with E-state index in [9.17, 15) is 9.90 Å². The predicted molar refractivity (Wildman–Crippen MR) is 68.1 cm³/mol. The van der Waals surface area contributed by atoms with Gasteiger partial charge >= 0.3 is 6.09 Å². The lowest BCUT2D eigenvalue weighted by Crippen LogP contribution is -2.52. The molecule has 0 aromatic carbocycles. The Morgan fingerprint density at radius 1 is 1.61 bits per heavy atom. The van der Waals surface area contributed by atoms with Crippen LogP contribution in [0.3, 0.4) is 0 Å². The Bertz CT molecular complexity index is 332. The molecule has 0 radical (unpaired) electrons. The number of ether oxygens (including phenoxy) is 2. The van der Waals surface area contributed by atoms with Crippen LogP contribution in [0.1, 0.15) is 34.6 Å². The van der Waals surface area contributed by atoms with Gasteiger partial charge in [-0.1, -0.05) is 6.08 Å². The fourth-order valence-corrected chi connectivity index (χ4v) is 1.91. The minimum atomic E-state index is -0.834. The van der Waals surface area contributed by atoms with Crippen LogP contribution < -0.4 is 0 Å². The van der Waals surface area contributed by atoms with Crippen molar-refractivity contribution in [1.82, 2.24) is 4.90 Å². The first-order chi connectivity index (χ1) is 8.08. The normalized spacial score (nSPS) is 24.8. The molecule has 5 nitrogen and oxygen atoms in total. The fraction of sp³-hybridized carbons (Fsp3) is 0.769. The van der Waals surface area contributed by atoms with E-state index in [1.165, 1.54) is 11.0 Å². The summed E-state index contributed by atoms with van der Waals surface area (Å²) in [6.45, 7) is 12.7. The smallest absolute Gasteiger partial charge is 0.413 e. The van der Waals surface area contributed by atoms with Gasteiger partial charge in [0.2, 0.25) is 0 Å². The third kappa shape index (κ3) is 3.23. The summed E-state index contributed by atoms with van der Waals surface area (Å²) in [5, 5.41) is 9.86. The summed E-state index contributed by atoms with van der Waals surface area (Å²) in [7, 11) is 0. The Kier molecular flexibility index (Phi) is 4.08. The summed E-state index contributed by atoms with van der Waals surface area (Å²) in [4.78, 5) is 13.6. The molecular weight excluding hydrogens is 234 g/mol. The number of hydrogen-bond donors (Lipinski definition) is 1. The number of aliphatic hydroxyl groups excluding tert-OH is 1. The molecule has 1 fully saturated rings. The van der Waals surface area contributed by atoms with E-state index in [4.69, 9.17) is 9.47 Å². The topological polar surface area (TPSA) is 59.0 Å². The average molecular weight is 257 g/mol. The first-order valence-electron chi connectivity index (χ1n) is 6.05. The van der Waals surface area contributed by atoms with E-state index in [-0.39, 0.29) is 6.61 Å². The molecule has 1 amide bonds. The minimum Gasteiger partial charge on any atom is -0.444 e. The van der Waals surface area contributed by atoms with Gasteiger partial charge in [0.25, 0.3) is 0 Å². The number of carbonyl (C=O) groups excluding carboxylic acids is 1. The van der Waals surface area contributed by atoms with Gasteiger partial charge in [-0.15, -0.1) is 6.58 Å². The molecule has 1 saturated heterocycles. The summed E-state index contributed by atoms with van der Waals surface area (Å²) in [5.74, 6) is 0. The number of amides is 1. The zero-order valence-electron chi connectivity index (χ0n) is 11.8. The van der Waals surface area contributed by atoms with Crippen molar-refractivity contribution in [2.45, 2.75) is 58.1 Å². The van der Waals surface area contributed by atoms with E-state index in [0.29, 0.717) is 0 Å². The third-order valence-electron chi connectivity index (χ3n) is 2.75. The second-order valence-electron chi connectivity index (χ2n) is 5.90. The molecule has 0 spiro atoms. The van der Waals surface area contributed by atoms with Crippen molar-refractivity contribution in [1.29, 1.82) is 0 Å². The maximum atomic E-state index is 12.2. The van der Waals surface area contributed by atoms with Crippen LogP contribution >= 0.6 is 0 Å². The lowest BCUT2D eigenvalue weighted by molar-refractivity contribution is -0.0660. The van der Waals surface area contributed by atoms with Gasteiger partial charge in [0, 0.05) is 0 Å². The van der Waals surface area contributed by atoms with Crippen molar-refractivity contribution >= 4 is 6.09 Å². The maximum Gasteiger partial charge on any atom is 0.413 e. The van der Waals surface area contributed by atoms with Crippen molar-refractivity contribution in [2.24, 2.45) is 0 Å². The molecule has 104 valence electrons. The summed E-state index contributed by atoms with van der Waals surface area (Å²) in [6, 6.07) is -0.465. The number of carbonyl (C=O) groups is 1. The highest BCUT2D eigenvalue weighted by Crippen LogP contribution is 2.31. The van der Waals surface area contributed by atoms with Crippen molar-refractivity contribution < 1.29 is 19.4 Å². The number of hydrogen-bond acceptors (Lipinski definition) is 4. The maximum absolute atomic E-state index is 12.2. The molecule has 1 aliphatic heterocycles. The van der Waals surface area contributed by atoms with Gasteiger partial charge in [0.05, 0.1) is 18.8 Å². The summed E-state index contributed by atoms with van der Waals surface area (Å²) < 4.78 is 10.9. The van der Waals surface area contributed by atoms with Gasteiger partial charge in [-0.3, -0.25) is 4.90 Å². The predicted octanol–water partition coefficient (Wildman–Crippen LogP) is 1.91. The second kappa shape index (κ2) is 4.90. The Morgan fingerprint density at radius 3 is 2.61 bits per heavy atom. The molecule has 0 aromatic rings. The van der Waals surface area contributed by atoms with E-state index in [0.717, 1.165) is 0 Å². The monoisotopic (exact) mass is 257 g/mol. The molecule has 1 heterocycles. The first-order valence-corrected chi connectivity index (χ1v) is 6.05. The molecule has 1 rings (SSSR count). The van der Waals surface area contributed by atoms with Crippen LogP contribution in [0.15, 0.2) is 12.7 Å². The van der Waals surface area contributed by atoms with Crippen LogP contribution in [0.25, 0.3) is 0 Å². The molecule has 0 aliphatic carbocycles. The summed E-state index contributed by atoms with van der Waals surface area (Å²) in [5.41, 5.74) is -1.38. The quantitative estimate of drug-likeness (QED) is 0.768. The van der Waals surface area contributed by atoms with Gasteiger partial charge in [-0.2, -0.15) is 0 Å². The van der Waals surface area contributed by atoms with Crippen LogP contribution in [0, 0.1) is 0 Å². The highest BCUT2D eigenvalue weighted by molar-refractivity contribution is 5.70. The van der Waals surface area contributed by atoms with E-state index >= 15 is 0 Å². The van der Waals surface area contributed by atoms with E-state index < -0.39 is 29.6 Å². The zero-order chi connectivity index (χ0) is 14.1. The van der Waals surface area contributed by atoms with E-state index in [2.05, 4.69) is 6.58 Å². The SMILES string of the molecule is C=CC(O)[C@H]1COC(C)(C)N1C(=O)OC(C)(C)C. The fourth-order valence-electron chi connectivity index (χ4n) is 1.91. The molecule has 0 aromatic heterocycles. The Hall–Kier alpha value is -1.07. The van der Waals surface area contributed by atoms with Gasteiger partial charge in [0.15, 0.2) is 0 Å². The molecule has 1 N–H and O–H groups in total. The Balaban J connectivity index is 2.92. The summed E-state index contributed by atoms with van der Waals surface area (Å²) in [6.07, 6.45) is 0.0717. The molecule has 5 heteroatoms. The van der Waals surface area contributed by atoms with Gasteiger partial charge in [-0.05, 0) is 34.6 Å². The highest BCUT2D eigenvalue weighted by Gasteiger charge is 2.47. The molecular formula is C13H23NO4. The van der Waals surface area contributed by atoms with E-state index in [1.54, 1.807) is 34.6 Å². The number of aliphatic hydroxyl groups is 1. The van der Waals surface area contributed by atoms with Crippen LogP contribution in [-0.2, 0) is 9.47 Å².